The number of benzene rings is 2. The predicted octanol–water partition coefficient (Wildman–Crippen LogP) is 3.67. The third-order valence-corrected chi connectivity index (χ3v) is 4.16. The summed E-state index contributed by atoms with van der Waals surface area (Å²) in [5, 5.41) is 30.2. The van der Waals surface area contributed by atoms with Gasteiger partial charge in [-0.15, -0.1) is 0 Å². The van der Waals surface area contributed by atoms with E-state index < -0.39 is 17.5 Å². The highest BCUT2D eigenvalue weighted by molar-refractivity contribution is 6.16. The molecule has 2 N–H and O–H groups in total. The Balaban J connectivity index is 2.18. The molecule has 1 aliphatic rings. The zero-order chi connectivity index (χ0) is 18.0. The molecule has 1 atom stereocenters. The van der Waals surface area contributed by atoms with Gasteiger partial charge in [-0.3, -0.25) is 4.79 Å². The van der Waals surface area contributed by atoms with E-state index in [2.05, 4.69) is 0 Å². The number of ether oxygens (including phenoxy) is 1. The van der Waals surface area contributed by atoms with Gasteiger partial charge in [0.15, 0.2) is 5.76 Å². The summed E-state index contributed by atoms with van der Waals surface area (Å²) in [6, 6.07) is 17.3. The molecule has 0 bridgehead atoms. The second-order valence-corrected chi connectivity index (χ2v) is 5.54. The summed E-state index contributed by atoms with van der Waals surface area (Å²) in [5.74, 6) is -1.82. The third-order valence-electron chi connectivity index (χ3n) is 4.16. The summed E-state index contributed by atoms with van der Waals surface area (Å²) >= 11 is 0. The Morgan fingerprint density at radius 3 is 2.32 bits per heavy atom. The largest absolute Gasteiger partial charge is 0.507 e. The molecule has 25 heavy (non-hydrogen) atoms. The van der Waals surface area contributed by atoms with Gasteiger partial charge in [-0.25, -0.2) is 0 Å². The van der Waals surface area contributed by atoms with Gasteiger partial charge in [0.2, 0.25) is 5.78 Å². The Morgan fingerprint density at radius 2 is 1.76 bits per heavy atom. The number of carbonyl (C=O) groups is 1. The maximum atomic E-state index is 12.5. The first-order valence-electron chi connectivity index (χ1n) is 7.59. The molecule has 124 valence electrons. The number of hydrogen-bond donors (Lipinski definition) is 2. The van der Waals surface area contributed by atoms with Gasteiger partial charge >= 0.3 is 0 Å². The number of aliphatic hydroxyl groups is 2. The van der Waals surface area contributed by atoms with Crippen molar-refractivity contribution in [1.82, 2.24) is 0 Å². The minimum absolute atomic E-state index is 0.00887. The molecule has 0 saturated heterocycles. The molecular formula is C20H15NO4. The zero-order valence-corrected chi connectivity index (χ0v) is 13.4. The van der Waals surface area contributed by atoms with Crippen LogP contribution in [0.25, 0.3) is 5.76 Å². The van der Waals surface area contributed by atoms with Crippen LogP contribution in [0.2, 0.25) is 0 Å². The molecule has 1 unspecified atom stereocenters. The van der Waals surface area contributed by atoms with Crippen molar-refractivity contribution in [3.8, 4) is 11.8 Å². The maximum Gasteiger partial charge on any atom is 0.229 e. The van der Waals surface area contributed by atoms with Gasteiger partial charge in [0.25, 0.3) is 0 Å². The van der Waals surface area contributed by atoms with Crippen molar-refractivity contribution in [2.45, 2.75) is 5.92 Å². The molecule has 3 rings (SSSR count). The molecule has 2 aromatic rings. The number of methoxy groups -OCH3 is 1. The smallest absolute Gasteiger partial charge is 0.229 e. The SMILES string of the molecule is COc1ccc(/C(O)=C2/C(=O)C(O)=C(C#N)C2c2ccccc2)cc1. The molecule has 1 aliphatic carbocycles. The topological polar surface area (TPSA) is 90.6 Å². The second-order valence-electron chi connectivity index (χ2n) is 5.54. The number of ketones is 1. The van der Waals surface area contributed by atoms with Gasteiger partial charge in [0.05, 0.1) is 30.2 Å². The number of carbonyl (C=O) groups excluding carboxylic acids is 1. The number of Topliss-reactive ketones (excluding diaryl/α,β-unsaturated/α-hetero) is 1. The Morgan fingerprint density at radius 1 is 1.12 bits per heavy atom. The molecule has 2 aromatic carbocycles. The highest BCUT2D eigenvalue weighted by atomic mass is 16.5. The second kappa shape index (κ2) is 6.54. The monoisotopic (exact) mass is 333 g/mol. The number of nitrogens with zero attached hydrogens (tertiary/aromatic N) is 1. The predicted molar refractivity (Wildman–Crippen MR) is 92.0 cm³/mol. The van der Waals surface area contributed by atoms with Crippen LogP contribution in [0.3, 0.4) is 0 Å². The first-order valence-corrected chi connectivity index (χ1v) is 7.59. The van der Waals surface area contributed by atoms with Gasteiger partial charge in [-0.2, -0.15) is 5.26 Å². The molecule has 0 fully saturated rings. The Bertz CT molecular complexity index is 918. The van der Waals surface area contributed by atoms with E-state index in [-0.39, 0.29) is 16.9 Å². The van der Waals surface area contributed by atoms with Crippen LogP contribution in [0.5, 0.6) is 5.75 Å². The number of rotatable bonds is 3. The van der Waals surface area contributed by atoms with Crippen molar-refractivity contribution < 1.29 is 19.7 Å². The minimum atomic E-state index is -0.805. The molecule has 5 nitrogen and oxygen atoms in total. The van der Waals surface area contributed by atoms with Crippen molar-refractivity contribution in [2.75, 3.05) is 7.11 Å². The highest BCUT2D eigenvalue weighted by Crippen LogP contribution is 2.43. The van der Waals surface area contributed by atoms with Gasteiger partial charge < -0.3 is 14.9 Å². The van der Waals surface area contributed by atoms with Crippen molar-refractivity contribution in [2.24, 2.45) is 0 Å². The molecule has 0 amide bonds. The van der Waals surface area contributed by atoms with Gasteiger partial charge in [-0.1, -0.05) is 30.3 Å². The highest BCUT2D eigenvalue weighted by Gasteiger charge is 2.41. The Labute approximate surface area is 144 Å². The van der Waals surface area contributed by atoms with Crippen molar-refractivity contribution in [1.29, 1.82) is 5.26 Å². The van der Waals surface area contributed by atoms with Crippen LogP contribution in [0.1, 0.15) is 17.0 Å². The van der Waals surface area contributed by atoms with Crippen LogP contribution < -0.4 is 4.74 Å². The fraction of sp³-hybridized carbons (Fsp3) is 0.100. The van der Waals surface area contributed by atoms with Gasteiger partial charge in [0, 0.05) is 5.56 Å². The van der Waals surface area contributed by atoms with Crippen LogP contribution in [0.4, 0.5) is 0 Å². The van der Waals surface area contributed by atoms with Crippen LogP contribution in [0, 0.1) is 11.3 Å². The van der Waals surface area contributed by atoms with E-state index in [4.69, 9.17) is 4.74 Å². The molecule has 0 radical (unpaired) electrons. The Kier molecular flexibility index (Phi) is 4.27. The number of hydrogen-bond acceptors (Lipinski definition) is 5. The van der Waals surface area contributed by atoms with Crippen molar-refractivity contribution in [3.05, 3.63) is 82.6 Å². The average molecular weight is 333 g/mol. The molecule has 0 saturated carbocycles. The molecule has 0 spiro atoms. The van der Waals surface area contributed by atoms with Crippen LogP contribution in [0.15, 0.2) is 71.5 Å². The summed E-state index contributed by atoms with van der Waals surface area (Å²) in [4.78, 5) is 12.5. The van der Waals surface area contributed by atoms with Gasteiger partial charge in [0.1, 0.15) is 11.5 Å². The number of allylic oxidation sites excluding steroid dienone is 2. The van der Waals surface area contributed by atoms with Crippen LogP contribution >= 0.6 is 0 Å². The molecule has 5 heteroatoms. The summed E-state index contributed by atoms with van der Waals surface area (Å²) in [5.41, 5.74) is 0.972. The average Bonchev–Trinajstić information content (AvgIpc) is 2.92. The molecule has 0 aromatic heterocycles. The maximum absolute atomic E-state index is 12.5. The van der Waals surface area contributed by atoms with E-state index in [9.17, 15) is 20.3 Å². The molecule has 0 heterocycles. The summed E-state index contributed by atoms with van der Waals surface area (Å²) in [6.07, 6.45) is 0. The summed E-state index contributed by atoms with van der Waals surface area (Å²) < 4.78 is 5.08. The summed E-state index contributed by atoms with van der Waals surface area (Å²) in [7, 11) is 1.53. The van der Waals surface area contributed by atoms with Gasteiger partial charge in [-0.05, 0) is 29.8 Å². The zero-order valence-electron chi connectivity index (χ0n) is 13.4. The summed E-state index contributed by atoms with van der Waals surface area (Å²) in [6.45, 7) is 0. The van der Waals surface area contributed by atoms with E-state index in [0.29, 0.717) is 16.9 Å². The molecule has 0 aliphatic heterocycles. The van der Waals surface area contributed by atoms with E-state index >= 15 is 0 Å². The lowest BCUT2D eigenvalue weighted by Crippen LogP contribution is -2.08. The quantitative estimate of drug-likeness (QED) is 0.661. The lowest BCUT2D eigenvalue weighted by atomic mass is 9.87. The van der Waals surface area contributed by atoms with E-state index in [0.717, 1.165) is 0 Å². The normalized spacial score (nSPS) is 18.9. The van der Waals surface area contributed by atoms with Crippen LogP contribution in [-0.4, -0.2) is 23.1 Å². The third kappa shape index (κ3) is 2.74. The minimum Gasteiger partial charge on any atom is -0.507 e. The van der Waals surface area contributed by atoms with Crippen LogP contribution in [-0.2, 0) is 4.79 Å². The number of aliphatic hydroxyl groups excluding tert-OH is 2. The Hall–Kier alpha value is -3.52. The number of nitriles is 1. The fourth-order valence-corrected chi connectivity index (χ4v) is 2.91. The van der Waals surface area contributed by atoms with Crippen molar-refractivity contribution >= 4 is 11.5 Å². The van der Waals surface area contributed by atoms with Crippen molar-refractivity contribution in [3.63, 3.8) is 0 Å². The molecular weight excluding hydrogens is 318 g/mol. The lowest BCUT2D eigenvalue weighted by molar-refractivity contribution is -0.114. The first kappa shape index (κ1) is 16.3. The fourth-order valence-electron chi connectivity index (χ4n) is 2.91. The first-order chi connectivity index (χ1) is 12.1. The van der Waals surface area contributed by atoms with E-state index in [1.165, 1.54) is 7.11 Å². The van der Waals surface area contributed by atoms with E-state index in [1.54, 1.807) is 48.5 Å². The van der Waals surface area contributed by atoms with E-state index in [1.807, 2.05) is 12.1 Å². The lowest BCUT2D eigenvalue weighted by Gasteiger charge is -2.14. The standard InChI is InChI=1S/C20H15NO4/c1-25-14-9-7-13(8-10-14)18(22)17-16(12-5-3-2-4-6-12)15(11-21)19(23)20(17)24/h2-10,16,22-23H,1H3/b18-17-.